The highest BCUT2D eigenvalue weighted by Crippen LogP contribution is 2.26. The molecule has 1 aromatic rings. The van der Waals surface area contributed by atoms with Crippen LogP contribution in [-0.2, 0) is 13.0 Å². The summed E-state index contributed by atoms with van der Waals surface area (Å²) in [6, 6.07) is 2.53. The summed E-state index contributed by atoms with van der Waals surface area (Å²) in [5.74, 6) is 2.57. The standard InChI is InChI=1S/C17H30N4O.HI/c1-4-13-8-7-9-15(10-13)20-17(18-6-3)19-12-16-11-14(5-2)21-22-16;/h11,13,15H,4-10,12H2,1-3H3,(H2,18,19,20);1H. The Balaban J connectivity index is 0.00000264. The van der Waals surface area contributed by atoms with Crippen LogP contribution in [0, 0.1) is 5.92 Å². The van der Waals surface area contributed by atoms with Gasteiger partial charge in [0.05, 0.1) is 5.69 Å². The zero-order chi connectivity index (χ0) is 15.8. The predicted molar refractivity (Wildman–Crippen MR) is 105 cm³/mol. The molecule has 1 heterocycles. The normalized spacial score (nSPS) is 21.6. The molecule has 0 saturated heterocycles. The van der Waals surface area contributed by atoms with Gasteiger partial charge in [0.25, 0.3) is 0 Å². The fourth-order valence-corrected chi connectivity index (χ4v) is 3.06. The van der Waals surface area contributed by atoms with Gasteiger partial charge in [-0.2, -0.15) is 0 Å². The second-order valence-electron chi connectivity index (χ2n) is 6.12. The Morgan fingerprint density at radius 2 is 2.17 bits per heavy atom. The van der Waals surface area contributed by atoms with E-state index in [4.69, 9.17) is 4.52 Å². The van der Waals surface area contributed by atoms with Gasteiger partial charge in [0.1, 0.15) is 6.54 Å². The van der Waals surface area contributed by atoms with Crippen molar-refractivity contribution < 1.29 is 4.52 Å². The van der Waals surface area contributed by atoms with Crippen molar-refractivity contribution in [2.75, 3.05) is 6.54 Å². The first kappa shape index (κ1) is 20.3. The molecule has 1 aliphatic carbocycles. The molecule has 2 unspecified atom stereocenters. The largest absolute Gasteiger partial charge is 0.359 e. The second-order valence-corrected chi connectivity index (χ2v) is 6.12. The molecule has 2 rings (SSSR count). The average Bonchev–Trinajstić information content (AvgIpc) is 3.01. The summed E-state index contributed by atoms with van der Waals surface area (Å²) in [7, 11) is 0. The van der Waals surface area contributed by atoms with Crippen molar-refractivity contribution in [3.8, 4) is 0 Å². The van der Waals surface area contributed by atoms with Gasteiger partial charge in [-0.05, 0) is 32.1 Å². The zero-order valence-corrected chi connectivity index (χ0v) is 16.9. The van der Waals surface area contributed by atoms with E-state index >= 15 is 0 Å². The Morgan fingerprint density at radius 1 is 1.35 bits per heavy atom. The van der Waals surface area contributed by atoms with Gasteiger partial charge in [0, 0.05) is 18.7 Å². The zero-order valence-electron chi connectivity index (χ0n) is 14.6. The van der Waals surface area contributed by atoms with Crippen molar-refractivity contribution in [2.24, 2.45) is 10.9 Å². The molecule has 2 atom stereocenters. The maximum absolute atomic E-state index is 5.30. The quantitative estimate of drug-likeness (QED) is 0.405. The van der Waals surface area contributed by atoms with Gasteiger partial charge < -0.3 is 15.2 Å². The third-order valence-corrected chi connectivity index (χ3v) is 4.41. The number of hydrogen-bond donors (Lipinski definition) is 2. The highest BCUT2D eigenvalue weighted by molar-refractivity contribution is 14.0. The van der Waals surface area contributed by atoms with Crippen molar-refractivity contribution in [3.05, 3.63) is 17.5 Å². The molecule has 0 aromatic carbocycles. The number of rotatable bonds is 6. The molecule has 0 amide bonds. The van der Waals surface area contributed by atoms with Crippen LogP contribution in [0.1, 0.15) is 64.3 Å². The minimum Gasteiger partial charge on any atom is -0.359 e. The summed E-state index contributed by atoms with van der Waals surface area (Å²) in [5, 5.41) is 10.9. The van der Waals surface area contributed by atoms with Crippen LogP contribution in [-0.4, -0.2) is 23.7 Å². The molecule has 6 heteroatoms. The highest BCUT2D eigenvalue weighted by Gasteiger charge is 2.21. The first-order valence-electron chi connectivity index (χ1n) is 8.74. The first-order valence-corrected chi connectivity index (χ1v) is 8.74. The molecular weight excluding hydrogens is 403 g/mol. The van der Waals surface area contributed by atoms with Gasteiger partial charge in [-0.1, -0.05) is 38.3 Å². The van der Waals surface area contributed by atoms with E-state index in [2.05, 4.69) is 41.6 Å². The van der Waals surface area contributed by atoms with Crippen molar-refractivity contribution >= 4 is 29.9 Å². The Morgan fingerprint density at radius 3 is 2.83 bits per heavy atom. The van der Waals surface area contributed by atoms with Crippen LogP contribution in [0.5, 0.6) is 0 Å². The van der Waals surface area contributed by atoms with Crippen LogP contribution in [0.15, 0.2) is 15.6 Å². The van der Waals surface area contributed by atoms with Gasteiger partial charge >= 0.3 is 0 Å². The number of nitrogens with zero attached hydrogens (tertiary/aromatic N) is 2. The monoisotopic (exact) mass is 434 g/mol. The third-order valence-electron chi connectivity index (χ3n) is 4.41. The van der Waals surface area contributed by atoms with E-state index in [1.54, 1.807) is 0 Å². The lowest BCUT2D eigenvalue weighted by Crippen LogP contribution is -2.45. The Labute approximate surface area is 157 Å². The minimum atomic E-state index is 0. The van der Waals surface area contributed by atoms with Crippen molar-refractivity contribution in [3.63, 3.8) is 0 Å². The fourth-order valence-electron chi connectivity index (χ4n) is 3.06. The number of aryl methyl sites for hydroxylation is 1. The molecule has 1 aliphatic rings. The number of nitrogens with one attached hydrogen (secondary N) is 2. The van der Waals surface area contributed by atoms with Crippen LogP contribution in [0.4, 0.5) is 0 Å². The van der Waals surface area contributed by atoms with E-state index in [-0.39, 0.29) is 24.0 Å². The van der Waals surface area contributed by atoms with Crippen LogP contribution in [0.2, 0.25) is 0 Å². The van der Waals surface area contributed by atoms with E-state index in [1.807, 2.05) is 6.07 Å². The lowest BCUT2D eigenvalue weighted by atomic mass is 9.84. The van der Waals surface area contributed by atoms with E-state index in [0.717, 1.165) is 36.3 Å². The van der Waals surface area contributed by atoms with Crippen LogP contribution < -0.4 is 10.6 Å². The van der Waals surface area contributed by atoms with Gasteiger partial charge in [0.15, 0.2) is 11.7 Å². The summed E-state index contributed by atoms with van der Waals surface area (Å²) in [4.78, 5) is 4.64. The lowest BCUT2D eigenvalue weighted by Gasteiger charge is -2.30. The second kappa shape index (κ2) is 10.9. The molecule has 0 bridgehead atoms. The maximum Gasteiger partial charge on any atom is 0.191 e. The summed E-state index contributed by atoms with van der Waals surface area (Å²) in [6.07, 6.45) is 7.36. The number of aliphatic imine (C=N–C) groups is 1. The first-order chi connectivity index (χ1) is 10.7. The summed E-state index contributed by atoms with van der Waals surface area (Å²) < 4.78 is 5.30. The van der Waals surface area contributed by atoms with Gasteiger partial charge in [-0.25, -0.2) is 4.99 Å². The Bertz CT molecular complexity index is 475. The van der Waals surface area contributed by atoms with Gasteiger partial charge in [0.2, 0.25) is 0 Å². The number of hydrogen-bond acceptors (Lipinski definition) is 3. The molecule has 2 N–H and O–H groups in total. The van der Waals surface area contributed by atoms with Gasteiger partial charge in [-0.15, -0.1) is 24.0 Å². The molecule has 0 aliphatic heterocycles. The summed E-state index contributed by atoms with van der Waals surface area (Å²) in [5.41, 5.74) is 0.987. The number of guanidine groups is 1. The third kappa shape index (κ3) is 6.69. The Kier molecular flexibility index (Phi) is 9.59. The molecule has 5 nitrogen and oxygen atoms in total. The van der Waals surface area contributed by atoms with Crippen molar-refractivity contribution in [1.29, 1.82) is 0 Å². The summed E-state index contributed by atoms with van der Waals surface area (Å²) in [6.45, 7) is 7.86. The molecule has 1 saturated carbocycles. The number of halogens is 1. The summed E-state index contributed by atoms with van der Waals surface area (Å²) >= 11 is 0. The molecule has 132 valence electrons. The molecule has 1 aromatic heterocycles. The number of aromatic nitrogens is 1. The Hall–Kier alpha value is -0.790. The van der Waals surface area contributed by atoms with E-state index in [0.29, 0.717) is 12.6 Å². The van der Waals surface area contributed by atoms with Crippen LogP contribution >= 0.6 is 24.0 Å². The molecule has 0 spiro atoms. The smallest absolute Gasteiger partial charge is 0.191 e. The highest BCUT2D eigenvalue weighted by atomic mass is 127. The lowest BCUT2D eigenvalue weighted by molar-refractivity contribution is 0.298. The topological polar surface area (TPSA) is 62.5 Å². The van der Waals surface area contributed by atoms with E-state index in [9.17, 15) is 0 Å². The van der Waals surface area contributed by atoms with E-state index in [1.165, 1.54) is 32.1 Å². The van der Waals surface area contributed by atoms with Gasteiger partial charge in [-0.3, -0.25) is 0 Å². The van der Waals surface area contributed by atoms with Crippen molar-refractivity contribution in [1.82, 2.24) is 15.8 Å². The molecule has 1 fully saturated rings. The SMILES string of the molecule is CCNC(=NCc1cc(CC)no1)NC1CCCC(CC)C1.I. The molecular formula is C17H31IN4O. The predicted octanol–water partition coefficient (Wildman–Crippen LogP) is 3.88. The minimum absolute atomic E-state index is 0. The molecule has 23 heavy (non-hydrogen) atoms. The van der Waals surface area contributed by atoms with Crippen LogP contribution in [0.3, 0.4) is 0 Å². The van der Waals surface area contributed by atoms with E-state index < -0.39 is 0 Å². The van der Waals surface area contributed by atoms with Crippen LogP contribution in [0.25, 0.3) is 0 Å². The molecule has 0 radical (unpaired) electrons. The average molecular weight is 434 g/mol. The fraction of sp³-hybridized carbons (Fsp3) is 0.765. The van der Waals surface area contributed by atoms with Crippen molar-refractivity contribution in [2.45, 2.75) is 71.9 Å². The maximum atomic E-state index is 5.30.